The van der Waals surface area contributed by atoms with Gasteiger partial charge in [-0.2, -0.15) is 0 Å². The molecule has 0 spiro atoms. The van der Waals surface area contributed by atoms with Crippen molar-refractivity contribution in [1.29, 1.82) is 0 Å². The largest absolute Gasteiger partial charge is 0.496 e. The lowest BCUT2D eigenvalue weighted by atomic mass is 9.73. The van der Waals surface area contributed by atoms with Gasteiger partial charge in [-0.15, -0.1) is 0 Å². The van der Waals surface area contributed by atoms with Gasteiger partial charge in [-0.3, -0.25) is 0 Å². The Labute approximate surface area is 114 Å². The Morgan fingerprint density at radius 1 is 1.26 bits per heavy atom. The van der Waals surface area contributed by atoms with Crippen LogP contribution in [0.2, 0.25) is 0 Å². The second kappa shape index (κ2) is 5.39. The molecule has 1 unspecified atom stereocenters. The van der Waals surface area contributed by atoms with Crippen molar-refractivity contribution in [3.05, 3.63) is 23.3 Å². The van der Waals surface area contributed by atoms with E-state index in [0.29, 0.717) is 13.2 Å². The molecule has 4 heteroatoms. The number of benzene rings is 1. The zero-order chi connectivity index (χ0) is 14.0. The molecule has 0 radical (unpaired) electrons. The van der Waals surface area contributed by atoms with Crippen molar-refractivity contribution in [2.75, 3.05) is 27.4 Å². The molecular weight excluding hydrogens is 242 g/mol. The summed E-state index contributed by atoms with van der Waals surface area (Å²) >= 11 is 0. The Morgan fingerprint density at radius 2 is 1.89 bits per heavy atom. The van der Waals surface area contributed by atoms with Gasteiger partial charge in [-0.25, -0.2) is 0 Å². The van der Waals surface area contributed by atoms with E-state index in [-0.39, 0.29) is 11.5 Å². The van der Waals surface area contributed by atoms with Crippen LogP contribution in [0, 0.1) is 6.92 Å². The van der Waals surface area contributed by atoms with Crippen LogP contribution in [0.1, 0.15) is 24.5 Å². The van der Waals surface area contributed by atoms with Crippen molar-refractivity contribution in [2.45, 2.75) is 31.7 Å². The Kier molecular flexibility index (Phi) is 4.02. The van der Waals surface area contributed by atoms with Crippen LogP contribution < -0.4 is 15.2 Å². The minimum absolute atomic E-state index is 0.0412. The zero-order valence-corrected chi connectivity index (χ0v) is 12.2. The van der Waals surface area contributed by atoms with E-state index >= 15 is 0 Å². The Morgan fingerprint density at radius 3 is 2.32 bits per heavy atom. The van der Waals surface area contributed by atoms with Crippen LogP contribution in [0.5, 0.6) is 11.5 Å². The molecule has 1 aliphatic heterocycles. The fourth-order valence-electron chi connectivity index (χ4n) is 2.81. The van der Waals surface area contributed by atoms with Crippen molar-refractivity contribution < 1.29 is 14.2 Å². The Hall–Kier alpha value is -1.26. The highest BCUT2D eigenvalue weighted by atomic mass is 16.5. The van der Waals surface area contributed by atoms with Crippen molar-refractivity contribution >= 4 is 0 Å². The molecule has 0 aromatic heterocycles. The van der Waals surface area contributed by atoms with E-state index in [1.807, 2.05) is 19.9 Å². The monoisotopic (exact) mass is 265 g/mol. The van der Waals surface area contributed by atoms with E-state index in [1.165, 1.54) is 0 Å². The Bertz CT molecular complexity index is 453. The van der Waals surface area contributed by atoms with Gasteiger partial charge < -0.3 is 19.9 Å². The Balaban J connectivity index is 2.46. The van der Waals surface area contributed by atoms with Crippen molar-refractivity contribution in [1.82, 2.24) is 0 Å². The van der Waals surface area contributed by atoms with E-state index in [0.717, 1.165) is 29.0 Å². The molecule has 1 aromatic rings. The number of hydrogen-bond acceptors (Lipinski definition) is 4. The molecule has 2 rings (SSSR count). The SMILES string of the molecule is COc1cc(C2(CC(C)N)COC2)c(OC)cc1C. The normalized spacial score (nSPS) is 18.6. The average Bonchev–Trinajstić information content (AvgIpc) is 2.33. The van der Waals surface area contributed by atoms with Crippen molar-refractivity contribution in [2.24, 2.45) is 5.73 Å². The molecule has 2 N–H and O–H groups in total. The highest BCUT2D eigenvalue weighted by Gasteiger charge is 2.43. The molecule has 106 valence electrons. The van der Waals surface area contributed by atoms with Crippen molar-refractivity contribution in [3.63, 3.8) is 0 Å². The first-order valence-electron chi connectivity index (χ1n) is 6.59. The number of aryl methyl sites for hydroxylation is 1. The zero-order valence-electron chi connectivity index (χ0n) is 12.2. The predicted molar refractivity (Wildman–Crippen MR) is 75.0 cm³/mol. The molecule has 1 aliphatic rings. The van der Waals surface area contributed by atoms with Gasteiger partial charge in [0.1, 0.15) is 11.5 Å². The molecule has 1 atom stereocenters. The lowest BCUT2D eigenvalue weighted by Gasteiger charge is -2.43. The summed E-state index contributed by atoms with van der Waals surface area (Å²) < 4.78 is 16.4. The summed E-state index contributed by atoms with van der Waals surface area (Å²) in [6.45, 7) is 5.42. The maximum Gasteiger partial charge on any atom is 0.123 e. The fourth-order valence-corrected chi connectivity index (χ4v) is 2.81. The maximum atomic E-state index is 5.99. The average molecular weight is 265 g/mol. The van der Waals surface area contributed by atoms with Gasteiger partial charge in [0.05, 0.1) is 27.4 Å². The summed E-state index contributed by atoms with van der Waals surface area (Å²) in [5, 5.41) is 0. The number of nitrogens with two attached hydrogens (primary N) is 1. The van der Waals surface area contributed by atoms with E-state index in [9.17, 15) is 0 Å². The minimum atomic E-state index is -0.0412. The van der Waals surface area contributed by atoms with Gasteiger partial charge in [0.15, 0.2) is 0 Å². The molecule has 0 saturated carbocycles. The highest BCUT2D eigenvalue weighted by molar-refractivity contribution is 5.50. The molecule has 4 nitrogen and oxygen atoms in total. The lowest BCUT2D eigenvalue weighted by Crippen LogP contribution is -2.50. The van der Waals surface area contributed by atoms with Gasteiger partial charge >= 0.3 is 0 Å². The molecule has 0 amide bonds. The summed E-state index contributed by atoms with van der Waals surface area (Å²) in [5.74, 6) is 1.77. The van der Waals surface area contributed by atoms with Crippen LogP contribution in [0.4, 0.5) is 0 Å². The molecular formula is C15H23NO3. The number of hydrogen-bond donors (Lipinski definition) is 1. The van der Waals surface area contributed by atoms with Crippen LogP contribution in [0.15, 0.2) is 12.1 Å². The first-order valence-corrected chi connectivity index (χ1v) is 6.59. The number of rotatable bonds is 5. The van der Waals surface area contributed by atoms with E-state index < -0.39 is 0 Å². The molecule has 0 bridgehead atoms. The van der Waals surface area contributed by atoms with E-state index in [1.54, 1.807) is 14.2 Å². The third kappa shape index (κ3) is 2.55. The first-order chi connectivity index (χ1) is 9.02. The lowest BCUT2D eigenvalue weighted by molar-refractivity contribution is -0.0675. The van der Waals surface area contributed by atoms with Gasteiger partial charge in [-0.1, -0.05) is 0 Å². The number of methoxy groups -OCH3 is 2. The standard InChI is InChI=1S/C15H23NO3/c1-10-5-14(18-4)12(6-13(10)17-3)15(7-11(2)16)8-19-9-15/h5-6,11H,7-9,16H2,1-4H3. The highest BCUT2D eigenvalue weighted by Crippen LogP contribution is 2.43. The van der Waals surface area contributed by atoms with Crippen molar-refractivity contribution in [3.8, 4) is 11.5 Å². The molecule has 1 fully saturated rings. The van der Waals surface area contributed by atoms with Gasteiger partial charge in [0.25, 0.3) is 0 Å². The van der Waals surface area contributed by atoms with E-state index in [2.05, 4.69) is 6.07 Å². The van der Waals surface area contributed by atoms with Gasteiger partial charge in [-0.05, 0) is 38.0 Å². The minimum Gasteiger partial charge on any atom is -0.496 e. The second-order valence-corrected chi connectivity index (χ2v) is 5.48. The maximum absolute atomic E-state index is 5.99. The quantitative estimate of drug-likeness (QED) is 0.885. The molecule has 0 aliphatic carbocycles. The van der Waals surface area contributed by atoms with Gasteiger partial charge in [0.2, 0.25) is 0 Å². The topological polar surface area (TPSA) is 53.7 Å². The van der Waals surface area contributed by atoms with Crippen LogP contribution in [-0.2, 0) is 10.2 Å². The summed E-state index contributed by atoms with van der Waals surface area (Å²) in [4.78, 5) is 0. The van der Waals surface area contributed by atoms with Crippen LogP contribution in [0.25, 0.3) is 0 Å². The van der Waals surface area contributed by atoms with Gasteiger partial charge in [0, 0.05) is 17.0 Å². The molecule has 1 aromatic carbocycles. The summed E-state index contributed by atoms with van der Waals surface area (Å²) in [7, 11) is 3.39. The smallest absolute Gasteiger partial charge is 0.123 e. The summed E-state index contributed by atoms with van der Waals surface area (Å²) in [6.07, 6.45) is 0.884. The molecule has 19 heavy (non-hydrogen) atoms. The summed E-state index contributed by atoms with van der Waals surface area (Å²) in [5.41, 5.74) is 8.16. The first kappa shape index (κ1) is 14.2. The third-order valence-electron chi connectivity index (χ3n) is 3.76. The van der Waals surface area contributed by atoms with E-state index in [4.69, 9.17) is 19.9 Å². The van der Waals surface area contributed by atoms with Crippen LogP contribution in [0.3, 0.4) is 0 Å². The molecule has 1 saturated heterocycles. The fraction of sp³-hybridized carbons (Fsp3) is 0.600. The second-order valence-electron chi connectivity index (χ2n) is 5.48. The predicted octanol–water partition coefficient (Wildman–Crippen LogP) is 2.02. The van der Waals surface area contributed by atoms with Crippen LogP contribution >= 0.6 is 0 Å². The molecule has 1 heterocycles. The summed E-state index contributed by atoms with van der Waals surface area (Å²) in [6, 6.07) is 4.22. The third-order valence-corrected chi connectivity index (χ3v) is 3.76. The number of ether oxygens (including phenoxy) is 3. The van der Waals surface area contributed by atoms with Crippen LogP contribution in [-0.4, -0.2) is 33.5 Å².